The normalized spacial score (nSPS) is 16.0. The predicted octanol–water partition coefficient (Wildman–Crippen LogP) is 1.17. The Morgan fingerprint density at radius 2 is 1.76 bits per heavy atom. The first kappa shape index (κ1) is 15.3. The molecule has 1 fully saturated rings. The molecule has 2 heterocycles. The molecule has 0 atom stereocenters. The summed E-state index contributed by atoms with van der Waals surface area (Å²) in [4.78, 5) is 40.1. The van der Waals surface area contributed by atoms with Crippen LogP contribution < -0.4 is 5.73 Å². The third-order valence-corrected chi connectivity index (χ3v) is 4.19. The number of rotatable bonds is 3. The van der Waals surface area contributed by atoms with Crippen molar-refractivity contribution in [3.8, 4) is 0 Å². The van der Waals surface area contributed by atoms with Gasteiger partial charge in [0.1, 0.15) is 5.69 Å². The number of nitrogens with zero attached hydrogens (tertiary/aromatic N) is 1. The number of ketones is 1. The molecule has 0 bridgehead atoms. The highest BCUT2D eigenvalue weighted by Crippen LogP contribution is 2.23. The molecule has 1 aliphatic rings. The molecule has 2 rings (SSSR count). The number of amides is 2. The summed E-state index contributed by atoms with van der Waals surface area (Å²) < 4.78 is 0. The fraction of sp³-hybridized carbons (Fsp3) is 0.533. The third kappa shape index (κ3) is 2.84. The standard InChI is InChI=1S/C15H21N3O3/c1-8-12(10(3)19)9(2)17-13(8)15(21)18-6-4-11(5-7-18)14(16)20/h11,17H,4-7H2,1-3H3,(H2,16,20). The van der Waals surface area contributed by atoms with Gasteiger partial charge < -0.3 is 15.6 Å². The Hall–Kier alpha value is -2.11. The summed E-state index contributed by atoms with van der Waals surface area (Å²) >= 11 is 0. The van der Waals surface area contributed by atoms with E-state index in [0.717, 1.165) is 5.69 Å². The second kappa shape index (κ2) is 5.71. The van der Waals surface area contributed by atoms with Gasteiger partial charge in [0.2, 0.25) is 5.91 Å². The molecule has 114 valence electrons. The molecule has 1 aliphatic heterocycles. The quantitative estimate of drug-likeness (QED) is 0.818. The van der Waals surface area contributed by atoms with E-state index in [0.29, 0.717) is 42.8 Å². The van der Waals surface area contributed by atoms with Gasteiger partial charge >= 0.3 is 0 Å². The maximum atomic E-state index is 12.6. The summed E-state index contributed by atoms with van der Waals surface area (Å²) in [6.45, 7) is 6.10. The number of likely N-dealkylation sites (tertiary alicyclic amines) is 1. The van der Waals surface area contributed by atoms with Crippen LogP contribution in [-0.2, 0) is 4.79 Å². The first-order valence-corrected chi connectivity index (χ1v) is 7.11. The molecule has 1 aromatic rings. The molecule has 0 unspecified atom stereocenters. The number of hydrogen-bond acceptors (Lipinski definition) is 3. The van der Waals surface area contributed by atoms with E-state index in [9.17, 15) is 14.4 Å². The minimum atomic E-state index is -0.298. The molecule has 0 radical (unpaired) electrons. The van der Waals surface area contributed by atoms with E-state index in [-0.39, 0.29) is 23.5 Å². The molecule has 0 aromatic carbocycles. The number of hydrogen-bond donors (Lipinski definition) is 2. The van der Waals surface area contributed by atoms with Gasteiger partial charge in [0.15, 0.2) is 5.78 Å². The number of aryl methyl sites for hydroxylation is 1. The summed E-state index contributed by atoms with van der Waals surface area (Å²) in [6.07, 6.45) is 1.19. The van der Waals surface area contributed by atoms with Gasteiger partial charge in [-0.25, -0.2) is 0 Å². The Labute approximate surface area is 123 Å². The number of piperidine rings is 1. The highest BCUT2D eigenvalue weighted by Gasteiger charge is 2.29. The smallest absolute Gasteiger partial charge is 0.270 e. The van der Waals surface area contributed by atoms with E-state index in [4.69, 9.17) is 5.73 Å². The molecule has 6 heteroatoms. The van der Waals surface area contributed by atoms with Crippen LogP contribution in [-0.4, -0.2) is 40.6 Å². The van der Waals surface area contributed by atoms with Gasteiger partial charge in [0.05, 0.1) is 0 Å². The van der Waals surface area contributed by atoms with Crippen LogP contribution in [0, 0.1) is 19.8 Å². The van der Waals surface area contributed by atoms with Crippen molar-refractivity contribution < 1.29 is 14.4 Å². The zero-order valence-corrected chi connectivity index (χ0v) is 12.7. The van der Waals surface area contributed by atoms with Gasteiger partial charge in [-0.05, 0) is 39.2 Å². The van der Waals surface area contributed by atoms with E-state index < -0.39 is 0 Å². The van der Waals surface area contributed by atoms with Gasteiger partial charge in [-0.2, -0.15) is 0 Å². The molecule has 0 spiro atoms. The molecule has 1 saturated heterocycles. The van der Waals surface area contributed by atoms with Crippen LogP contribution >= 0.6 is 0 Å². The van der Waals surface area contributed by atoms with Crippen molar-refractivity contribution in [2.45, 2.75) is 33.6 Å². The monoisotopic (exact) mass is 291 g/mol. The molecule has 21 heavy (non-hydrogen) atoms. The van der Waals surface area contributed by atoms with Gasteiger partial charge in [-0.1, -0.05) is 0 Å². The minimum absolute atomic E-state index is 0.0484. The number of primary amides is 1. The van der Waals surface area contributed by atoms with Crippen LogP contribution in [0.15, 0.2) is 0 Å². The fourth-order valence-corrected chi connectivity index (χ4v) is 3.02. The molecule has 2 amide bonds. The summed E-state index contributed by atoms with van der Waals surface area (Å²) in [5, 5.41) is 0. The predicted molar refractivity (Wildman–Crippen MR) is 78.1 cm³/mol. The maximum absolute atomic E-state index is 12.6. The third-order valence-electron chi connectivity index (χ3n) is 4.19. The first-order valence-electron chi connectivity index (χ1n) is 7.11. The van der Waals surface area contributed by atoms with Crippen molar-refractivity contribution in [1.29, 1.82) is 0 Å². The lowest BCUT2D eigenvalue weighted by atomic mass is 9.96. The number of carbonyl (C=O) groups excluding carboxylic acids is 3. The van der Waals surface area contributed by atoms with Crippen LogP contribution in [0.25, 0.3) is 0 Å². The van der Waals surface area contributed by atoms with Crippen LogP contribution in [0.4, 0.5) is 0 Å². The van der Waals surface area contributed by atoms with Crippen molar-refractivity contribution in [3.05, 3.63) is 22.5 Å². The Balaban J connectivity index is 2.17. The average molecular weight is 291 g/mol. The highest BCUT2D eigenvalue weighted by molar-refractivity contribution is 6.02. The number of H-pyrrole nitrogens is 1. The molecule has 1 aromatic heterocycles. The summed E-state index contributed by atoms with van der Waals surface area (Å²) in [6, 6.07) is 0. The minimum Gasteiger partial charge on any atom is -0.369 e. The van der Waals surface area contributed by atoms with E-state index in [1.54, 1.807) is 18.7 Å². The maximum Gasteiger partial charge on any atom is 0.270 e. The Bertz CT molecular complexity index is 596. The van der Waals surface area contributed by atoms with Crippen molar-refractivity contribution in [2.24, 2.45) is 11.7 Å². The second-order valence-corrected chi connectivity index (χ2v) is 5.65. The lowest BCUT2D eigenvalue weighted by Gasteiger charge is -2.30. The van der Waals surface area contributed by atoms with Crippen molar-refractivity contribution in [1.82, 2.24) is 9.88 Å². The van der Waals surface area contributed by atoms with Gasteiger partial charge in [-0.15, -0.1) is 0 Å². The number of aromatic nitrogens is 1. The number of nitrogens with one attached hydrogen (secondary N) is 1. The van der Waals surface area contributed by atoms with Gasteiger partial charge in [-0.3, -0.25) is 14.4 Å². The fourth-order valence-electron chi connectivity index (χ4n) is 3.02. The number of carbonyl (C=O) groups is 3. The number of aromatic amines is 1. The zero-order chi connectivity index (χ0) is 15.7. The first-order chi connectivity index (χ1) is 9.82. The largest absolute Gasteiger partial charge is 0.369 e. The van der Waals surface area contributed by atoms with Gasteiger partial charge in [0, 0.05) is 30.3 Å². The topological polar surface area (TPSA) is 96.3 Å². The number of nitrogens with two attached hydrogens (primary N) is 1. The molecule has 6 nitrogen and oxygen atoms in total. The van der Waals surface area contributed by atoms with Crippen LogP contribution in [0.1, 0.15) is 51.9 Å². The summed E-state index contributed by atoms with van der Waals surface area (Å²) in [7, 11) is 0. The highest BCUT2D eigenvalue weighted by atomic mass is 16.2. The molecular weight excluding hydrogens is 270 g/mol. The Kier molecular flexibility index (Phi) is 4.16. The average Bonchev–Trinajstić information content (AvgIpc) is 2.73. The SMILES string of the molecule is CC(=O)c1c(C)[nH]c(C(=O)N2CCC(C(N)=O)CC2)c1C. The zero-order valence-electron chi connectivity index (χ0n) is 12.7. The van der Waals surface area contributed by atoms with Crippen LogP contribution in [0.3, 0.4) is 0 Å². The summed E-state index contributed by atoms with van der Waals surface area (Å²) in [5.74, 6) is -0.611. The molecule has 0 aliphatic carbocycles. The molecular formula is C15H21N3O3. The van der Waals surface area contributed by atoms with Crippen molar-refractivity contribution >= 4 is 17.6 Å². The second-order valence-electron chi connectivity index (χ2n) is 5.65. The Morgan fingerprint density at radius 3 is 2.19 bits per heavy atom. The number of Topliss-reactive ketones (excluding diaryl/α,β-unsaturated/α-hetero) is 1. The van der Waals surface area contributed by atoms with Crippen LogP contribution in [0.2, 0.25) is 0 Å². The van der Waals surface area contributed by atoms with E-state index in [2.05, 4.69) is 4.98 Å². The lowest BCUT2D eigenvalue weighted by molar-refractivity contribution is -0.123. The molecule has 3 N–H and O–H groups in total. The summed E-state index contributed by atoms with van der Waals surface area (Å²) in [5.41, 5.74) is 7.76. The lowest BCUT2D eigenvalue weighted by Crippen LogP contribution is -2.42. The van der Waals surface area contributed by atoms with Crippen molar-refractivity contribution in [3.63, 3.8) is 0 Å². The van der Waals surface area contributed by atoms with E-state index >= 15 is 0 Å². The van der Waals surface area contributed by atoms with Crippen molar-refractivity contribution in [2.75, 3.05) is 13.1 Å². The van der Waals surface area contributed by atoms with E-state index in [1.165, 1.54) is 6.92 Å². The Morgan fingerprint density at radius 1 is 1.19 bits per heavy atom. The van der Waals surface area contributed by atoms with Crippen LogP contribution in [0.5, 0.6) is 0 Å². The molecule has 0 saturated carbocycles. The van der Waals surface area contributed by atoms with E-state index in [1.807, 2.05) is 0 Å². The van der Waals surface area contributed by atoms with Gasteiger partial charge in [0.25, 0.3) is 5.91 Å².